The summed E-state index contributed by atoms with van der Waals surface area (Å²) in [6.45, 7) is 3.99. The van der Waals surface area contributed by atoms with Crippen LogP contribution in [0.2, 0.25) is 0 Å². The van der Waals surface area contributed by atoms with E-state index in [2.05, 4.69) is 5.32 Å². The normalized spacial score (nSPS) is 16.1. The van der Waals surface area contributed by atoms with Crippen LogP contribution in [-0.4, -0.2) is 37.3 Å². The van der Waals surface area contributed by atoms with E-state index in [4.69, 9.17) is 5.73 Å². The number of hydrogen-bond acceptors (Lipinski definition) is 4. The molecule has 1 amide bonds. The number of nitrogens with zero attached hydrogens (tertiary/aromatic N) is 1. The summed E-state index contributed by atoms with van der Waals surface area (Å²) in [6.07, 6.45) is 1.44. The number of rotatable bonds is 6. The van der Waals surface area contributed by atoms with E-state index in [-0.39, 0.29) is 29.3 Å². The Morgan fingerprint density at radius 1 is 1.30 bits per heavy atom. The summed E-state index contributed by atoms with van der Waals surface area (Å²) in [4.78, 5) is 12.0. The summed E-state index contributed by atoms with van der Waals surface area (Å²) in [5.74, 6) is -0.149. The van der Waals surface area contributed by atoms with Gasteiger partial charge in [0.15, 0.2) is 0 Å². The predicted molar refractivity (Wildman–Crippen MR) is 91.8 cm³/mol. The van der Waals surface area contributed by atoms with Gasteiger partial charge in [-0.15, -0.1) is 12.4 Å². The average molecular weight is 362 g/mol. The van der Waals surface area contributed by atoms with Crippen LogP contribution >= 0.6 is 12.4 Å². The van der Waals surface area contributed by atoms with Gasteiger partial charge in [0.1, 0.15) is 0 Å². The Bertz CT molecular complexity index is 655. The first-order valence-corrected chi connectivity index (χ1v) is 8.75. The standard InChI is InChI=1S/C15H23N3O3S.ClH/c1-11(2)18(3)22(20,21)13-6-4-12(5-7-13)10-17-14(19)15(16)8-9-15;/h4-7,11H,8-10,16H2,1-3H3,(H,17,19);1H. The zero-order valence-electron chi connectivity index (χ0n) is 13.6. The van der Waals surface area contributed by atoms with Crippen molar-refractivity contribution in [3.8, 4) is 0 Å². The van der Waals surface area contributed by atoms with Crippen LogP contribution in [0.4, 0.5) is 0 Å². The van der Waals surface area contributed by atoms with Gasteiger partial charge in [-0.1, -0.05) is 12.1 Å². The number of carbonyl (C=O) groups is 1. The van der Waals surface area contributed by atoms with Gasteiger partial charge >= 0.3 is 0 Å². The molecule has 1 saturated carbocycles. The minimum absolute atomic E-state index is 0. The first-order valence-electron chi connectivity index (χ1n) is 7.31. The Morgan fingerprint density at radius 3 is 2.26 bits per heavy atom. The summed E-state index contributed by atoms with van der Waals surface area (Å²) >= 11 is 0. The van der Waals surface area contributed by atoms with Crippen molar-refractivity contribution >= 4 is 28.3 Å². The molecule has 0 saturated heterocycles. The summed E-state index contributed by atoms with van der Waals surface area (Å²) in [5, 5.41) is 2.78. The fraction of sp³-hybridized carbons (Fsp3) is 0.533. The second kappa shape index (κ2) is 7.17. The molecule has 0 atom stereocenters. The minimum Gasteiger partial charge on any atom is -0.350 e. The van der Waals surface area contributed by atoms with Crippen LogP contribution in [0.5, 0.6) is 0 Å². The van der Waals surface area contributed by atoms with Crippen molar-refractivity contribution < 1.29 is 13.2 Å². The fourth-order valence-electron chi connectivity index (χ4n) is 1.94. The lowest BCUT2D eigenvalue weighted by Crippen LogP contribution is -2.42. The van der Waals surface area contributed by atoms with E-state index in [1.165, 1.54) is 4.31 Å². The van der Waals surface area contributed by atoms with Gasteiger partial charge in [0.2, 0.25) is 15.9 Å². The minimum atomic E-state index is -3.47. The quantitative estimate of drug-likeness (QED) is 0.797. The van der Waals surface area contributed by atoms with Crippen molar-refractivity contribution in [3.63, 3.8) is 0 Å². The maximum atomic E-state index is 12.3. The fourth-order valence-corrected chi connectivity index (χ4v) is 3.31. The lowest BCUT2D eigenvalue weighted by atomic mass is 10.2. The van der Waals surface area contributed by atoms with Gasteiger partial charge in [-0.05, 0) is 44.4 Å². The number of nitrogens with two attached hydrogens (primary N) is 1. The molecule has 0 spiro atoms. The molecule has 0 heterocycles. The Hall–Kier alpha value is -1.15. The highest BCUT2D eigenvalue weighted by Crippen LogP contribution is 2.32. The van der Waals surface area contributed by atoms with Crippen LogP contribution in [0.25, 0.3) is 0 Å². The van der Waals surface area contributed by atoms with E-state index in [0.29, 0.717) is 6.54 Å². The van der Waals surface area contributed by atoms with Gasteiger partial charge in [0.25, 0.3) is 0 Å². The number of sulfonamides is 1. The molecule has 1 aromatic rings. The zero-order valence-corrected chi connectivity index (χ0v) is 15.2. The first kappa shape index (κ1) is 19.9. The predicted octanol–water partition coefficient (Wildman–Crippen LogP) is 1.24. The number of hydrogen-bond donors (Lipinski definition) is 2. The van der Waals surface area contributed by atoms with Gasteiger partial charge in [-0.25, -0.2) is 8.42 Å². The maximum absolute atomic E-state index is 12.3. The van der Waals surface area contributed by atoms with Gasteiger partial charge < -0.3 is 11.1 Å². The van der Waals surface area contributed by atoms with Gasteiger partial charge in [0.05, 0.1) is 10.4 Å². The molecular weight excluding hydrogens is 338 g/mol. The summed E-state index contributed by atoms with van der Waals surface area (Å²) in [6, 6.07) is 6.42. The molecule has 8 heteroatoms. The summed E-state index contributed by atoms with van der Waals surface area (Å²) < 4.78 is 26.0. The number of nitrogens with one attached hydrogen (secondary N) is 1. The molecule has 1 aliphatic rings. The number of benzene rings is 1. The van der Waals surface area contributed by atoms with Gasteiger partial charge in [-0.2, -0.15) is 4.31 Å². The highest BCUT2D eigenvalue weighted by molar-refractivity contribution is 7.89. The molecule has 2 rings (SSSR count). The Labute approximate surface area is 143 Å². The van der Waals surface area contributed by atoms with E-state index < -0.39 is 15.6 Å². The molecule has 1 fully saturated rings. The SMILES string of the molecule is CC(C)N(C)S(=O)(=O)c1ccc(CNC(=O)C2(N)CC2)cc1.Cl. The first-order chi connectivity index (χ1) is 10.2. The van der Waals surface area contributed by atoms with E-state index in [9.17, 15) is 13.2 Å². The topological polar surface area (TPSA) is 92.5 Å². The zero-order chi connectivity index (χ0) is 16.5. The van der Waals surface area contributed by atoms with E-state index in [0.717, 1.165) is 18.4 Å². The smallest absolute Gasteiger partial charge is 0.243 e. The molecule has 1 aromatic carbocycles. The molecule has 0 aromatic heterocycles. The van der Waals surface area contributed by atoms with Crippen LogP contribution < -0.4 is 11.1 Å². The summed E-state index contributed by atoms with van der Waals surface area (Å²) in [5.41, 5.74) is 5.95. The van der Waals surface area contributed by atoms with Crippen molar-refractivity contribution in [2.75, 3.05) is 7.05 Å². The average Bonchev–Trinajstić information content (AvgIpc) is 3.23. The van der Waals surface area contributed by atoms with Crippen LogP contribution in [-0.2, 0) is 21.4 Å². The Morgan fingerprint density at radius 2 is 1.83 bits per heavy atom. The maximum Gasteiger partial charge on any atom is 0.243 e. The Balaban J connectivity index is 0.00000264. The van der Waals surface area contributed by atoms with Crippen molar-refractivity contribution in [2.24, 2.45) is 5.73 Å². The molecule has 0 radical (unpaired) electrons. The largest absolute Gasteiger partial charge is 0.350 e. The third kappa shape index (κ3) is 4.44. The molecule has 0 unspecified atom stereocenters. The Kier molecular flexibility index (Phi) is 6.20. The molecule has 130 valence electrons. The molecular formula is C15H24ClN3O3S. The third-order valence-corrected chi connectivity index (χ3v) is 6.07. The van der Waals surface area contributed by atoms with Gasteiger partial charge in [0, 0.05) is 19.6 Å². The van der Waals surface area contributed by atoms with Crippen molar-refractivity contribution in [1.82, 2.24) is 9.62 Å². The van der Waals surface area contributed by atoms with E-state index >= 15 is 0 Å². The van der Waals surface area contributed by atoms with Crippen LogP contribution in [0, 0.1) is 0 Å². The second-order valence-electron chi connectivity index (χ2n) is 6.10. The molecule has 23 heavy (non-hydrogen) atoms. The van der Waals surface area contributed by atoms with Gasteiger partial charge in [-0.3, -0.25) is 4.79 Å². The lowest BCUT2D eigenvalue weighted by molar-refractivity contribution is -0.123. The van der Waals surface area contributed by atoms with E-state index in [1.54, 1.807) is 31.3 Å². The lowest BCUT2D eigenvalue weighted by Gasteiger charge is -2.21. The number of halogens is 1. The summed E-state index contributed by atoms with van der Waals surface area (Å²) in [7, 11) is -1.91. The van der Waals surface area contributed by atoms with Crippen LogP contribution in [0.15, 0.2) is 29.2 Å². The molecule has 0 aliphatic heterocycles. The highest BCUT2D eigenvalue weighted by Gasteiger charge is 2.45. The monoisotopic (exact) mass is 361 g/mol. The second-order valence-corrected chi connectivity index (χ2v) is 8.10. The van der Waals surface area contributed by atoms with Crippen molar-refractivity contribution in [2.45, 2.75) is 49.7 Å². The highest BCUT2D eigenvalue weighted by atomic mass is 35.5. The third-order valence-electron chi connectivity index (χ3n) is 4.02. The van der Waals surface area contributed by atoms with E-state index in [1.807, 2.05) is 13.8 Å². The van der Waals surface area contributed by atoms with Crippen LogP contribution in [0.3, 0.4) is 0 Å². The molecule has 6 nitrogen and oxygen atoms in total. The molecule has 1 aliphatic carbocycles. The number of amides is 1. The van der Waals surface area contributed by atoms with Crippen LogP contribution in [0.1, 0.15) is 32.3 Å². The number of carbonyl (C=O) groups excluding carboxylic acids is 1. The van der Waals surface area contributed by atoms with Crippen molar-refractivity contribution in [3.05, 3.63) is 29.8 Å². The molecule has 0 bridgehead atoms. The van der Waals surface area contributed by atoms with Crippen molar-refractivity contribution in [1.29, 1.82) is 0 Å². The molecule has 3 N–H and O–H groups in total.